The molecule has 0 atom stereocenters. The van der Waals surface area contributed by atoms with E-state index in [0.29, 0.717) is 32.0 Å². The number of aromatic nitrogens is 4. The molecule has 0 saturated carbocycles. The van der Waals surface area contributed by atoms with E-state index in [9.17, 15) is 9.18 Å². The Balaban J connectivity index is 1.31. The molecule has 1 saturated heterocycles. The fraction of sp³-hybridized carbons (Fsp3) is 0.316. The first-order valence-corrected chi connectivity index (χ1v) is 9.83. The zero-order chi connectivity index (χ0) is 19.5. The van der Waals surface area contributed by atoms with E-state index in [1.165, 1.54) is 6.07 Å². The van der Waals surface area contributed by atoms with Crippen LogP contribution in [0, 0.1) is 5.82 Å². The van der Waals surface area contributed by atoms with E-state index in [2.05, 4.69) is 31.0 Å². The summed E-state index contributed by atoms with van der Waals surface area (Å²) in [6, 6.07) is 8.39. The van der Waals surface area contributed by atoms with Gasteiger partial charge in [0.2, 0.25) is 0 Å². The van der Waals surface area contributed by atoms with E-state index < -0.39 is 0 Å². The minimum atomic E-state index is -0.218. The summed E-state index contributed by atoms with van der Waals surface area (Å²) < 4.78 is 17.6. The zero-order valence-electron chi connectivity index (χ0n) is 15.2. The monoisotopic (exact) mass is 446 g/mol. The lowest BCUT2D eigenvalue weighted by atomic mass is 10.2. The lowest BCUT2D eigenvalue weighted by Crippen LogP contribution is -2.48. The van der Waals surface area contributed by atoms with E-state index in [0.717, 1.165) is 23.1 Å². The van der Waals surface area contributed by atoms with Crippen molar-refractivity contribution in [3.8, 4) is 0 Å². The van der Waals surface area contributed by atoms with Gasteiger partial charge in [-0.05, 0) is 39.7 Å². The molecule has 0 unspecified atom stereocenters. The third-order valence-electron chi connectivity index (χ3n) is 4.71. The number of hydrogen-bond acceptors (Lipinski definition) is 4. The Morgan fingerprint density at radius 3 is 2.68 bits per heavy atom. The van der Waals surface area contributed by atoms with Gasteiger partial charge in [-0.15, -0.1) is 0 Å². The highest BCUT2D eigenvalue weighted by Gasteiger charge is 2.23. The van der Waals surface area contributed by atoms with Gasteiger partial charge in [0.05, 0.1) is 10.7 Å². The van der Waals surface area contributed by atoms with Crippen LogP contribution >= 0.6 is 15.9 Å². The maximum absolute atomic E-state index is 13.3. The smallest absolute Gasteiger partial charge is 0.274 e. The van der Waals surface area contributed by atoms with Gasteiger partial charge in [0.1, 0.15) is 18.2 Å². The summed E-state index contributed by atoms with van der Waals surface area (Å²) in [5, 5.41) is 8.57. The van der Waals surface area contributed by atoms with Crippen LogP contribution in [-0.2, 0) is 13.2 Å². The molecule has 4 rings (SSSR count). The number of nitrogens with zero attached hydrogens (tertiary/aromatic N) is 6. The fourth-order valence-corrected chi connectivity index (χ4v) is 3.61. The van der Waals surface area contributed by atoms with E-state index in [-0.39, 0.29) is 11.7 Å². The predicted molar refractivity (Wildman–Crippen MR) is 105 cm³/mol. The maximum atomic E-state index is 13.3. The molecular weight excluding hydrogens is 427 g/mol. The molecule has 0 aliphatic carbocycles. The number of benzene rings is 1. The molecule has 3 aromatic rings. The summed E-state index contributed by atoms with van der Waals surface area (Å²) in [4.78, 5) is 16.8. The number of piperazine rings is 1. The Kier molecular flexibility index (Phi) is 5.54. The minimum absolute atomic E-state index is 0.0641. The second-order valence-corrected chi connectivity index (χ2v) is 7.69. The van der Waals surface area contributed by atoms with Gasteiger partial charge in [0.15, 0.2) is 0 Å². The van der Waals surface area contributed by atoms with Crippen LogP contribution in [-0.4, -0.2) is 61.4 Å². The van der Waals surface area contributed by atoms with Crippen LogP contribution in [0.2, 0.25) is 0 Å². The van der Waals surface area contributed by atoms with Crippen molar-refractivity contribution in [3.63, 3.8) is 0 Å². The Hall–Kier alpha value is -2.52. The molecule has 2 aromatic heterocycles. The van der Waals surface area contributed by atoms with Crippen LogP contribution in [0.25, 0.3) is 0 Å². The standard InChI is InChI=1S/C19H20BrFN6O/c20-16-11-22-27(13-16)14-26-5-4-18(23-26)19(28)25-8-6-24(7-9-25)12-15-2-1-3-17(21)10-15/h1-5,10-11,13H,6-9,12,14H2. The molecule has 0 bridgehead atoms. The van der Waals surface area contributed by atoms with Gasteiger partial charge in [-0.2, -0.15) is 10.2 Å². The Morgan fingerprint density at radius 2 is 1.96 bits per heavy atom. The van der Waals surface area contributed by atoms with Crippen LogP contribution in [0.1, 0.15) is 16.1 Å². The average molecular weight is 447 g/mol. The Bertz CT molecular complexity index is 963. The van der Waals surface area contributed by atoms with Gasteiger partial charge in [0.25, 0.3) is 5.91 Å². The van der Waals surface area contributed by atoms with Crippen molar-refractivity contribution in [1.82, 2.24) is 29.4 Å². The third-order valence-corrected chi connectivity index (χ3v) is 5.12. The lowest BCUT2D eigenvalue weighted by molar-refractivity contribution is 0.0621. The number of carbonyl (C=O) groups is 1. The van der Waals surface area contributed by atoms with Crippen LogP contribution in [0.3, 0.4) is 0 Å². The summed E-state index contributed by atoms with van der Waals surface area (Å²) in [6.07, 6.45) is 5.34. The molecular formula is C19H20BrFN6O. The molecule has 1 aliphatic rings. The molecule has 0 spiro atoms. The Morgan fingerprint density at radius 1 is 1.14 bits per heavy atom. The van der Waals surface area contributed by atoms with Crippen LogP contribution in [0.15, 0.2) is 53.4 Å². The molecule has 1 aliphatic heterocycles. The van der Waals surface area contributed by atoms with Crippen LogP contribution in [0.5, 0.6) is 0 Å². The normalized spacial score (nSPS) is 15.1. The molecule has 0 radical (unpaired) electrons. The minimum Gasteiger partial charge on any atom is -0.335 e. The van der Waals surface area contributed by atoms with Crippen molar-refractivity contribution < 1.29 is 9.18 Å². The molecule has 0 N–H and O–H groups in total. The van der Waals surface area contributed by atoms with Gasteiger partial charge >= 0.3 is 0 Å². The first-order valence-electron chi connectivity index (χ1n) is 9.04. The van der Waals surface area contributed by atoms with Crippen LogP contribution < -0.4 is 0 Å². The number of halogens is 2. The maximum Gasteiger partial charge on any atom is 0.274 e. The van der Waals surface area contributed by atoms with E-state index in [1.54, 1.807) is 40.0 Å². The molecule has 146 valence electrons. The molecule has 3 heterocycles. The van der Waals surface area contributed by atoms with Gasteiger partial charge in [-0.25, -0.2) is 9.07 Å². The average Bonchev–Trinajstić information content (AvgIpc) is 3.31. The van der Waals surface area contributed by atoms with Crippen molar-refractivity contribution in [1.29, 1.82) is 0 Å². The molecule has 1 aromatic carbocycles. The van der Waals surface area contributed by atoms with Crippen molar-refractivity contribution in [2.75, 3.05) is 26.2 Å². The molecule has 28 heavy (non-hydrogen) atoms. The van der Waals surface area contributed by atoms with Crippen molar-refractivity contribution in [3.05, 3.63) is 70.5 Å². The Labute approximate surface area is 170 Å². The molecule has 7 nitrogen and oxygen atoms in total. The van der Waals surface area contributed by atoms with Gasteiger partial charge in [-0.3, -0.25) is 14.4 Å². The summed E-state index contributed by atoms with van der Waals surface area (Å²) in [7, 11) is 0. The predicted octanol–water partition coefficient (Wildman–Crippen LogP) is 2.45. The van der Waals surface area contributed by atoms with Gasteiger partial charge < -0.3 is 4.90 Å². The third kappa shape index (κ3) is 4.48. The van der Waals surface area contributed by atoms with Crippen molar-refractivity contribution >= 4 is 21.8 Å². The van der Waals surface area contributed by atoms with Crippen molar-refractivity contribution in [2.24, 2.45) is 0 Å². The molecule has 1 amide bonds. The SMILES string of the molecule is O=C(c1ccn(Cn2cc(Br)cn2)n1)N1CCN(Cc2cccc(F)c2)CC1. The number of amides is 1. The highest BCUT2D eigenvalue weighted by Crippen LogP contribution is 2.12. The number of carbonyl (C=O) groups excluding carboxylic acids is 1. The second-order valence-electron chi connectivity index (χ2n) is 6.78. The summed E-state index contributed by atoms with van der Waals surface area (Å²) in [6.45, 7) is 3.91. The largest absolute Gasteiger partial charge is 0.335 e. The number of rotatable bonds is 5. The lowest BCUT2D eigenvalue weighted by Gasteiger charge is -2.34. The summed E-state index contributed by atoms with van der Waals surface area (Å²) >= 11 is 3.36. The molecule has 9 heteroatoms. The van der Waals surface area contributed by atoms with Gasteiger partial charge in [-0.1, -0.05) is 12.1 Å². The van der Waals surface area contributed by atoms with Gasteiger partial charge in [0, 0.05) is 45.1 Å². The first kappa shape index (κ1) is 18.8. The fourth-order valence-electron chi connectivity index (χ4n) is 3.28. The second kappa shape index (κ2) is 8.24. The van der Waals surface area contributed by atoms with Crippen molar-refractivity contribution in [2.45, 2.75) is 13.2 Å². The quantitative estimate of drug-likeness (QED) is 0.603. The van der Waals surface area contributed by atoms with Crippen LogP contribution in [0.4, 0.5) is 4.39 Å². The van der Waals surface area contributed by atoms with E-state index in [1.807, 2.05) is 17.2 Å². The highest BCUT2D eigenvalue weighted by molar-refractivity contribution is 9.10. The topological polar surface area (TPSA) is 59.2 Å². The summed E-state index contributed by atoms with van der Waals surface area (Å²) in [5.74, 6) is -0.282. The summed E-state index contributed by atoms with van der Waals surface area (Å²) in [5.41, 5.74) is 1.38. The highest BCUT2D eigenvalue weighted by atomic mass is 79.9. The molecule has 1 fully saturated rings. The zero-order valence-corrected chi connectivity index (χ0v) is 16.8. The number of hydrogen-bond donors (Lipinski definition) is 0. The van der Waals surface area contributed by atoms with E-state index in [4.69, 9.17) is 0 Å². The van der Waals surface area contributed by atoms with E-state index >= 15 is 0 Å². The first-order chi connectivity index (χ1) is 13.6.